The van der Waals surface area contributed by atoms with E-state index in [1.54, 1.807) is 6.92 Å². The minimum atomic E-state index is -0.230. The van der Waals surface area contributed by atoms with Crippen molar-refractivity contribution in [3.63, 3.8) is 0 Å². The fourth-order valence-corrected chi connectivity index (χ4v) is 2.97. The lowest BCUT2D eigenvalue weighted by atomic mass is 10.1. The molecule has 20 heavy (non-hydrogen) atoms. The third kappa shape index (κ3) is 2.01. The number of hydrogen-bond donors (Lipinski definition) is 1. The average molecular weight is 351 g/mol. The molecule has 1 N–H and O–H groups in total. The predicted octanol–water partition coefficient (Wildman–Crippen LogP) is 5.21. The lowest BCUT2D eigenvalue weighted by Crippen LogP contribution is -1.98. The van der Waals surface area contributed by atoms with E-state index in [9.17, 15) is 4.39 Å². The molecular formula is C15H12BrFN2S. The second-order valence-electron chi connectivity index (χ2n) is 4.77. The smallest absolute Gasteiger partial charge is 0.182 e. The molecule has 0 saturated heterocycles. The molecule has 5 heteroatoms. The third-order valence-electron chi connectivity index (χ3n) is 3.44. The number of hydrogen-bond acceptors (Lipinski definition) is 1. The SMILES string of the molecule is Cc1cc2c(cc1F)[nH]c(=S)n2-c1cccc(Br)c1C. The van der Waals surface area contributed by atoms with E-state index in [1.165, 1.54) is 6.07 Å². The van der Waals surface area contributed by atoms with E-state index < -0.39 is 0 Å². The number of rotatable bonds is 1. The zero-order chi connectivity index (χ0) is 14.4. The molecule has 0 saturated carbocycles. The predicted molar refractivity (Wildman–Crippen MR) is 85.6 cm³/mol. The summed E-state index contributed by atoms with van der Waals surface area (Å²) in [6.07, 6.45) is 0. The van der Waals surface area contributed by atoms with E-state index >= 15 is 0 Å². The van der Waals surface area contributed by atoms with E-state index in [0.29, 0.717) is 15.9 Å². The van der Waals surface area contributed by atoms with Gasteiger partial charge in [-0.3, -0.25) is 4.57 Å². The minimum absolute atomic E-state index is 0.230. The first-order chi connectivity index (χ1) is 9.49. The van der Waals surface area contributed by atoms with Gasteiger partial charge in [-0.05, 0) is 61.5 Å². The first kappa shape index (κ1) is 13.5. The number of halogens is 2. The van der Waals surface area contributed by atoms with Gasteiger partial charge in [0.15, 0.2) is 4.77 Å². The van der Waals surface area contributed by atoms with Gasteiger partial charge in [0, 0.05) is 4.47 Å². The fourth-order valence-electron chi connectivity index (χ4n) is 2.31. The second-order valence-corrected chi connectivity index (χ2v) is 6.01. The average Bonchev–Trinajstić information content (AvgIpc) is 2.69. The maximum absolute atomic E-state index is 13.7. The van der Waals surface area contributed by atoms with E-state index in [4.69, 9.17) is 12.2 Å². The molecule has 0 spiro atoms. The number of H-pyrrole nitrogens is 1. The topological polar surface area (TPSA) is 20.7 Å². The van der Waals surface area contributed by atoms with Crippen molar-refractivity contribution in [1.82, 2.24) is 9.55 Å². The van der Waals surface area contributed by atoms with Gasteiger partial charge in [-0.15, -0.1) is 0 Å². The molecule has 2 nitrogen and oxygen atoms in total. The van der Waals surface area contributed by atoms with Crippen LogP contribution < -0.4 is 0 Å². The van der Waals surface area contributed by atoms with Crippen molar-refractivity contribution in [2.24, 2.45) is 0 Å². The van der Waals surface area contributed by atoms with Crippen molar-refractivity contribution in [3.8, 4) is 5.69 Å². The molecule has 102 valence electrons. The Hall–Kier alpha value is -1.46. The van der Waals surface area contributed by atoms with Crippen LogP contribution in [0.5, 0.6) is 0 Å². The third-order valence-corrected chi connectivity index (χ3v) is 4.59. The van der Waals surface area contributed by atoms with Gasteiger partial charge in [0.05, 0.1) is 16.7 Å². The van der Waals surface area contributed by atoms with Crippen LogP contribution in [-0.4, -0.2) is 9.55 Å². The summed E-state index contributed by atoms with van der Waals surface area (Å²) in [6, 6.07) is 9.26. The lowest BCUT2D eigenvalue weighted by molar-refractivity contribution is 0.620. The monoisotopic (exact) mass is 350 g/mol. The number of fused-ring (bicyclic) bond motifs is 1. The van der Waals surface area contributed by atoms with Crippen LogP contribution in [0.25, 0.3) is 16.7 Å². The fraction of sp³-hybridized carbons (Fsp3) is 0.133. The summed E-state index contributed by atoms with van der Waals surface area (Å²) in [7, 11) is 0. The van der Waals surface area contributed by atoms with Gasteiger partial charge in [-0.2, -0.15) is 0 Å². The van der Waals surface area contributed by atoms with Crippen LogP contribution in [0, 0.1) is 24.4 Å². The molecule has 0 radical (unpaired) electrons. The molecule has 0 aliphatic carbocycles. The van der Waals surface area contributed by atoms with Gasteiger partial charge in [0.25, 0.3) is 0 Å². The Kier molecular flexibility index (Phi) is 3.26. The van der Waals surface area contributed by atoms with Gasteiger partial charge >= 0.3 is 0 Å². The van der Waals surface area contributed by atoms with Crippen molar-refractivity contribution in [3.05, 3.63) is 56.5 Å². The zero-order valence-electron chi connectivity index (χ0n) is 11.0. The molecule has 0 unspecified atom stereocenters. The number of nitrogens with one attached hydrogen (secondary N) is 1. The van der Waals surface area contributed by atoms with Crippen molar-refractivity contribution < 1.29 is 4.39 Å². The van der Waals surface area contributed by atoms with Crippen LogP contribution in [0.4, 0.5) is 4.39 Å². The molecule has 0 aliphatic heterocycles. The molecule has 2 aromatic carbocycles. The Bertz CT molecular complexity index is 879. The van der Waals surface area contributed by atoms with E-state index in [-0.39, 0.29) is 5.82 Å². The summed E-state index contributed by atoms with van der Waals surface area (Å²) in [6.45, 7) is 3.78. The quantitative estimate of drug-likeness (QED) is 0.597. The summed E-state index contributed by atoms with van der Waals surface area (Å²) < 4.78 is 17.2. The summed E-state index contributed by atoms with van der Waals surface area (Å²) in [4.78, 5) is 3.06. The number of aryl methyl sites for hydroxylation is 1. The summed E-state index contributed by atoms with van der Waals surface area (Å²) in [5, 5.41) is 0. The Morgan fingerprint density at radius 3 is 2.75 bits per heavy atom. The largest absolute Gasteiger partial charge is 0.330 e. The standard InChI is InChI=1S/C15H12BrFN2S/c1-8-6-14-12(7-11(8)17)18-15(20)19(14)13-5-3-4-10(16)9(13)2/h3-7H,1-2H3,(H,18,20). The second kappa shape index (κ2) is 4.82. The molecule has 0 fully saturated rings. The maximum Gasteiger partial charge on any atom is 0.182 e. The Morgan fingerprint density at radius 2 is 2.00 bits per heavy atom. The summed E-state index contributed by atoms with van der Waals surface area (Å²) in [5.41, 5.74) is 4.27. The van der Waals surface area contributed by atoms with E-state index in [2.05, 4.69) is 20.9 Å². The van der Waals surface area contributed by atoms with Gasteiger partial charge in [-0.25, -0.2) is 4.39 Å². The van der Waals surface area contributed by atoms with Gasteiger partial charge in [-0.1, -0.05) is 22.0 Å². The van der Waals surface area contributed by atoms with Gasteiger partial charge in [0.1, 0.15) is 5.82 Å². The van der Waals surface area contributed by atoms with Crippen LogP contribution in [0.2, 0.25) is 0 Å². The molecule has 0 aliphatic rings. The summed E-state index contributed by atoms with van der Waals surface area (Å²) >= 11 is 8.92. The molecule has 1 heterocycles. The first-order valence-electron chi connectivity index (χ1n) is 6.15. The zero-order valence-corrected chi connectivity index (χ0v) is 13.4. The highest BCUT2D eigenvalue weighted by Crippen LogP contribution is 2.27. The van der Waals surface area contributed by atoms with Crippen LogP contribution in [0.1, 0.15) is 11.1 Å². The highest BCUT2D eigenvalue weighted by Gasteiger charge is 2.12. The Morgan fingerprint density at radius 1 is 1.25 bits per heavy atom. The number of aromatic amines is 1. The Balaban J connectivity index is 2.42. The molecule has 0 bridgehead atoms. The van der Waals surface area contributed by atoms with Gasteiger partial charge < -0.3 is 4.98 Å². The lowest BCUT2D eigenvalue weighted by Gasteiger charge is -2.10. The first-order valence-corrected chi connectivity index (χ1v) is 7.35. The molecule has 0 amide bonds. The normalized spacial score (nSPS) is 11.2. The maximum atomic E-state index is 13.7. The molecule has 0 atom stereocenters. The number of nitrogens with zero attached hydrogens (tertiary/aromatic N) is 1. The highest BCUT2D eigenvalue weighted by atomic mass is 79.9. The van der Waals surface area contributed by atoms with Crippen molar-refractivity contribution in [2.45, 2.75) is 13.8 Å². The summed E-state index contributed by atoms with van der Waals surface area (Å²) in [5.74, 6) is -0.230. The van der Waals surface area contributed by atoms with Crippen LogP contribution in [0.15, 0.2) is 34.8 Å². The van der Waals surface area contributed by atoms with Crippen molar-refractivity contribution >= 4 is 39.2 Å². The van der Waals surface area contributed by atoms with Crippen LogP contribution in [0.3, 0.4) is 0 Å². The number of aromatic nitrogens is 2. The molecular weight excluding hydrogens is 339 g/mol. The molecule has 1 aromatic heterocycles. The van der Waals surface area contributed by atoms with Crippen molar-refractivity contribution in [1.29, 1.82) is 0 Å². The van der Waals surface area contributed by atoms with Crippen LogP contribution in [-0.2, 0) is 0 Å². The van der Waals surface area contributed by atoms with E-state index in [1.807, 2.05) is 35.8 Å². The van der Waals surface area contributed by atoms with E-state index in [0.717, 1.165) is 21.2 Å². The highest BCUT2D eigenvalue weighted by molar-refractivity contribution is 9.10. The Labute approximate surface area is 129 Å². The molecule has 3 aromatic rings. The van der Waals surface area contributed by atoms with Gasteiger partial charge in [0.2, 0.25) is 0 Å². The number of benzene rings is 2. The molecule has 3 rings (SSSR count). The van der Waals surface area contributed by atoms with Crippen LogP contribution >= 0.6 is 28.1 Å². The van der Waals surface area contributed by atoms with Crippen molar-refractivity contribution in [2.75, 3.05) is 0 Å². The minimum Gasteiger partial charge on any atom is -0.330 e. The number of imidazole rings is 1.